The van der Waals surface area contributed by atoms with Crippen LogP contribution in [-0.4, -0.2) is 23.7 Å². The maximum Gasteiger partial charge on any atom is 0.270 e. The number of benzene rings is 1. The van der Waals surface area contributed by atoms with E-state index in [1.54, 1.807) is 12.3 Å². The zero-order chi connectivity index (χ0) is 17.8. The Hall–Kier alpha value is -2.76. The van der Waals surface area contributed by atoms with E-state index < -0.39 is 0 Å². The molecule has 1 aliphatic heterocycles. The molecule has 0 spiro atoms. The zero-order valence-electron chi connectivity index (χ0n) is 14.7. The third kappa shape index (κ3) is 3.90. The van der Waals surface area contributed by atoms with Crippen molar-refractivity contribution in [2.45, 2.75) is 44.7 Å². The van der Waals surface area contributed by atoms with Gasteiger partial charge in [0.15, 0.2) is 11.5 Å². The lowest BCUT2D eigenvalue weighted by atomic mass is 9.95. The molecule has 1 amide bonds. The molecular formula is C20H23N3O3. The number of pyridine rings is 1. The fourth-order valence-electron chi connectivity index (χ4n) is 3.39. The number of amides is 1. The molecule has 2 aromatic rings. The number of hydrogen-bond acceptors (Lipinski definition) is 5. The summed E-state index contributed by atoms with van der Waals surface area (Å²) in [6, 6.07) is 9.82. The molecule has 6 heteroatoms. The minimum atomic E-state index is -0.0841. The minimum absolute atomic E-state index is 0.0841. The van der Waals surface area contributed by atoms with Gasteiger partial charge in [0.05, 0.1) is 11.9 Å². The summed E-state index contributed by atoms with van der Waals surface area (Å²) in [6.07, 6.45) is 7.50. The van der Waals surface area contributed by atoms with Crippen molar-refractivity contribution in [1.82, 2.24) is 10.3 Å². The van der Waals surface area contributed by atoms with E-state index in [9.17, 15) is 4.79 Å². The van der Waals surface area contributed by atoms with Crippen LogP contribution in [-0.2, 0) is 6.54 Å². The Morgan fingerprint density at radius 1 is 1.08 bits per heavy atom. The largest absolute Gasteiger partial charge is 0.454 e. The zero-order valence-corrected chi connectivity index (χ0v) is 14.7. The van der Waals surface area contributed by atoms with E-state index in [0.717, 1.165) is 35.6 Å². The monoisotopic (exact) mass is 353 g/mol. The van der Waals surface area contributed by atoms with Crippen LogP contribution < -0.4 is 20.1 Å². The fourth-order valence-corrected chi connectivity index (χ4v) is 3.39. The van der Waals surface area contributed by atoms with E-state index in [0.29, 0.717) is 18.3 Å². The SMILES string of the molecule is O=C(NC1CCCCC1)c1ccc(NCc2ccc3c(c2)OCO3)cn1. The minimum Gasteiger partial charge on any atom is -0.454 e. The lowest BCUT2D eigenvalue weighted by Crippen LogP contribution is -2.36. The second-order valence-electron chi connectivity index (χ2n) is 6.78. The van der Waals surface area contributed by atoms with E-state index in [-0.39, 0.29) is 12.7 Å². The average Bonchev–Trinajstić information content (AvgIpc) is 3.15. The Labute approximate surface area is 152 Å². The second-order valence-corrected chi connectivity index (χ2v) is 6.78. The molecule has 0 atom stereocenters. The molecule has 2 heterocycles. The molecule has 1 aromatic heterocycles. The summed E-state index contributed by atoms with van der Waals surface area (Å²) in [4.78, 5) is 16.6. The second kappa shape index (κ2) is 7.64. The van der Waals surface area contributed by atoms with Gasteiger partial charge >= 0.3 is 0 Å². The van der Waals surface area contributed by atoms with Crippen LogP contribution in [0.25, 0.3) is 0 Å². The van der Waals surface area contributed by atoms with E-state index in [2.05, 4.69) is 15.6 Å². The predicted molar refractivity (Wildman–Crippen MR) is 98.5 cm³/mol. The van der Waals surface area contributed by atoms with Crippen LogP contribution in [0.3, 0.4) is 0 Å². The van der Waals surface area contributed by atoms with Gasteiger partial charge in [-0.2, -0.15) is 0 Å². The quantitative estimate of drug-likeness (QED) is 0.861. The van der Waals surface area contributed by atoms with Gasteiger partial charge in [-0.15, -0.1) is 0 Å². The van der Waals surface area contributed by atoms with Crippen LogP contribution in [0.4, 0.5) is 5.69 Å². The van der Waals surface area contributed by atoms with Crippen LogP contribution >= 0.6 is 0 Å². The van der Waals surface area contributed by atoms with E-state index in [4.69, 9.17) is 9.47 Å². The Kier molecular flexibility index (Phi) is 4.91. The van der Waals surface area contributed by atoms with Crippen molar-refractivity contribution in [3.8, 4) is 11.5 Å². The van der Waals surface area contributed by atoms with Crippen molar-refractivity contribution in [3.63, 3.8) is 0 Å². The summed E-state index contributed by atoms with van der Waals surface area (Å²) in [5, 5.41) is 6.40. The van der Waals surface area contributed by atoms with E-state index >= 15 is 0 Å². The molecule has 26 heavy (non-hydrogen) atoms. The first-order valence-electron chi connectivity index (χ1n) is 9.17. The summed E-state index contributed by atoms with van der Waals surface area (Å²) in [5.41, 5.74) is 2.43. The molecule has 6 nitrogen and oxygen atoms in total. The average molecular weight is 353 g/mol. The van der Waals surface area contributed by atoms with Gasteiger partial charge < -0.3 is 20.1 Å². The third-order valence-corrected chi connectivity index (χ3v) is 4.87. The smallest absolute Gasteiger partial charge is 0.270 e. The first-order valence-corrected chi connectivity index (χ1v) is 9.17. The van der Waals surface area contributed by atoms with Crippen molar-refractivity contribution < 1.29 is 14.3 Å². The number of aromatic nitrogens is 1. The first kappa shape index (κ1) is 16.7. The lowest BCUT2D eigenvalue weighted by Gasteiger charge is -2.22. The molecule has 0 bridgehead atoms. The van der Waals surface area contributed by atoms with Crippen LogP contribution in [0.5, 0.6) is 11.5 Å². The molecule has 1 fully saturated rings. The van der Waals surface area contributed by atoms with Crippen molar-refractivity contribution in [3.05, 3.63) is 47.8 Å². The van der Waals surface area contributed by atoms with Gasteiger partial charge in [0, 0.05) is 12.6 Å². The summed E-state index contributed by atoms with van der Waals surface area (Å²) >= 11 is 0. The summed E-state index contributed by atoms with van der Waals surface area (Å²) in [6.45, 7) is 0.923. The van der Waals surface area contributed by atoms with Gasteiger partial charge in [-0.1, -0.05) is 25.3 Å². The highest BCUT2D eigenvalue weighted by Gasteiger charge is 2.17. The van der Waals surface area contributed by atoms with Crippen molar-refractivity contribution >= 4 is 11.6 Å². The molecule has 0 unspecified atom stereocenters. The Bertz CT molecular complexity index is 770. The highest BCUT2D eigenvalue weighted by molar-refractivity contribution is 5.92. The Balaban J connectivity index is 1.31. The summed E-state index contributed by atoms with van der Waals surface area (Å²) < 4.78 is 10.7. The maximum atomic E-state index is 12.3. The van der Waals surface area contributed by atoms with Gasteiger partial charge in [-0.05, 0) is 42.7 Å². The predicted octanol–water partition coefficient (Wildman–Crippen LogP) is 3.48. The molecule has 1 saturated carbocycles. The third-order valence-electron chi connectivity index (χ3n) is 4.87. The van der Waals surface area contributed by atoms with Gasteiger partial charge in [-0.25, -0.2) is 4.98 Å². The number of anilines is 1. The van der Waals surface area contributed by atoms with Crippen LogP contribution in [0.15, 0.2) is 36.5 Å². The highest BCUT2D eigenvalue weighted by atomic mass is 16.7. The standard InChI is InChI=1S/C20H23N3O3/c24-20(23-15-4-2-1-3-5-15)17-8-7-16(12-22-17)21-11-14-6-9-18-19(10-14)26-13-25-18/h6-10,12,15,21H,1-5,11,13H2,(H,23,24). The van der Waals surface area contributed by atoms with Gasteiger partial charge in [-0.3, -0.25) is 4.79 Å². The Morgan fingerprint density at radius 2 is 1.92 bits per heavy atom. The molecule has 1 aliphatic carbocycles. The number of carbonyl (C=O) groups is 1. The van der Waals surface area contributed by atoms with Crippen LogP contribution in [0.1, 0.15) is 48.2 Å². The number of nitrogens with zero attached hydrogens (tertiary/aromatic N) is 1. The molecular weight excluding hydrogens is 330 g/mol. The molecule has 2 aliphatic rings. The fraction of sp³-hybridized carbons (Fsp3) is 0.400. The topological polar surface area (TPSA) is 72.5 Å². The number of nitrogens with one attached hydrogen (secondary N) is 2. The first-order chi connectivity index (χ1) is 12.8. The Morgan fingerprint density at radius 3 is 2.73 bits per heavy atom. The number of hydrogen-bond donors (Lipinski definition) is 2. The number of rotatable bonds is 5. The molecule has 2 N–H and O–H groups in total. The normalized spacial score (nSPS) is 16.3. The molecule has 0 radical (unpaired) electrons. The maximum absolute atomic E-state index is 12.3. The molecule has 0 saturated heterocycles. The molecule has 1 aromatic carbocycles. The summed E-state index contributed by atoms with van der Waals surface area (Å²) in [5.74, 6) is 1.47. The highest BCUT2D eigenvalue weighted by Crippen LogP contribution is 2.32. The van der Waals surface area contributed by atoms with Gasteiger partial charge in [0.2, 0.25) is 6.79 Å². The molecule has 136 valence electrons. The van der Waals surface area contributed by atoms with Crippen molar-refractivity contribution in [2.75, 3.05) is 12.1 Å². The number of carbonyl (C=O) groups excluding carboxylic acids is 1. The van der Waals surface area contributed by atoms with Gasteiger partial charge in [0.25, 0.3) is 5.91 Å². The lowest BCUT2D eigenvalue weighted by molar-refractivity contribution is 0.0922. The molecule has 4 rings (SSSR count). The number of ether oxygens (including phenoxy) is 2. The number of fused-ring (bicyclic) bond motifs is 1. The van der Waals surface area contributed by atoms with Crippen molar-refractivity contribution in [1.29, 1.82) is 0 Å². The summed E-state index contributed by atoms with van der Waals surface area (Å²) in [7, 11) is 0. The van der Waals surface area contributed by atoms with Crippen LogP contribution in [0.2, 0.25) is 0 Å². The van der Waals surface area contributed by atoms with Gasteiger partial charge in [0.1, 0.15) is 5.69 Å². The van der Waals surface area contributed by atoms with Crippen molar-refractivity contribution in [2.24, 2.45) is 0 Å². The van der Waals surface area contributed by atoms with Crippen LogP contribution in [0, 0.1) is 0 Å². The van der Waals surface area contributed by atoms with E-state index in [1.165, 1.54) is 19.3 Å². The van der Waals surface area contributed by atoms with E-state index in [1.807, 2.05) is 24.3 Å².